The fraction of sp³-hybridized carbons (Fsp3) is 0.300. The summed E-state index contributed by atoms with van der Waals surface area (Å²) in [5, 5.41) is 2.71. The number of halogens is 3. The van der Waals surface area contributed by atoms with Crippen LogP contribution >= 0.6 is 23.2 Å². The summed E-state index contributed by atoms with van der Waals surface area (Å²) in [6.45, 7) is 3.78. The van der Waals surface area contributed by atoms with Crippen molar-refractivity contribution in [3.05, 3.63) is 28.0 Å². The number of nitrogens with one attached hydrogen (secondary N) is 2. The Kier molecular flexibility index (Phi) is 4.99. The third kappa shape index (κ3) is 4.03. The van der Waals surface area contributed by atoms with Gasteiger partial charge in [0.15, 0.2) is 5.82 Å². The van der Waals surface area contributed by atoms with E-state index in [0.29, 0.717) is 11.6 Å². The maximum atomic E-state index is 13.2. The summed E-state index contributed by atoms with van der Waals surface area (Å²) in [5.74, 6) is 4.99. The number of hydrazine groups is 1. The molecular formula is C10H13Cl2FN4. The van der Waals surface area contributed by atoms with Crippen LogP contribution in [0.5, 0.6) is 0 Å². The Morgan fingerprint density at radius 2 is 1.88 bits per heavy atom. The zero-order chi connectivity index (χ0) is 13.0. The molecule has 4 nitrogen and oxygen atoms in total. The third-order valence-corrected chi connectivity index (χ3v) is 2.32. The zero-order valence-electron chi connectivity index (χ0n) is 9.39. The van der Waals surface area contributed by atoms with Crippen LogP contribution in [0.15, 0.2) is 17.1 Å². The summed E-state index contributed by atoms with van der Waals surface area (Å²) >= 11 is 11.3. The first-order valence-corrected chi connectivity index (χ1v) is 5.65. The molecule has 0 heterocycles. The topological polar surface area (TPSA) is 62.4 Å². The Morgan fingerprint density at radius 3 is 2.29 bits per heavy atom. The molecule has 7 heteroatoms. The average molecular weight is 279 g/mol. The first-order valence-electron chi connectivity index (χ1n) is 4.90. The van der Waals surface area contributed by atoms with Gasteiger partial charge < -0.3 is 5.32 Å². The van der Waals surface area contributed by atoms with E-state index in [1.54, 1.807) is 0 Å². The molecule has 0 aliphatic carbocycles. The Hall–Kier alpha value is -1.04. The van der Waals surface area contributed by atoms with E-state index in [4.69, 9.17) is 29.0 Å². The highest BCUT2D eigenvalue weighted by molar-refractivity contribution is 6.35. The molecule has 0 atom stereocenters. The van der Waals surface area contributed by atoms with Crippen molar-refractivity contribution in [3.63, 3.8) is 0 Å². The van der Waals surface area contributed by atoms with Crippen molar-refractivity contribution in [2.45, 2.75) is 19.9 Å². The van der Waals surface area contributed by atoms with Gasteiger partial charge in [-0.05, 0) is 26.0 Å². The van der Waals surface area contributed by atoms with E-state index in [1.807, 2.05) is 13.8 Å². The number of hydrogen-bond donors (Lipinski definition) is 3. The van der Waals surface area contributed by atoms with Crippen LogP contribution in [0.2, 0.25) is 10.0 Å². The van der Waals surface area contributed by atoms with Gasteiger partial charge in [0.2, 0.25) is 5.96 Å². The van der Waals surface area contributed by atoms with Gasteiger partial charge in [0.25, 0.3) is 0 Å². The third-order valence-electron chi connectivity index (χ3n) is 1.77. The SMILES string of the molecule is CC(C)N=C(NN)Nc1cc(Cl)c(F)c(Cl)c1. The second-order valence-corrected chi connectivity index (χ2v) is 4.41. The minimum Gasteiger partial charge on any atom is -0.325 e. The van der Waals surface area contributed by atoms with Gasteiger partial charge in [0, 0.05) is 11.7 Å². The largest absolute Gasteiger partial charge is 0.325 e. The van der Waals surface area contributed by atoms with Crippen LogP contribution in [-0.2, 0) is 0 Å². The highest BCUT2D eigenvalue weighted by atomic mass is 35.5. The lowest BCUT2D eigenvalue weighted by molar-refractivity contribution is 0.629. The molecular weight excluding hydrogens is 266 g/mol. The maximum absolute atomic E-state index is 13.2. The van der Waals surface area contributed by atoms with E-state index in [9.17, 15) is 4.39 Å². The number of hydrogen-bond acceptors (Lipinski definition) is 2. The van der Waals surface area contributed by atoms with Crippen molar-refractivity contribution in [1.82, 2.24) is 5.43 Å². The van der Waals surface area contributed by atoms with E-state index >= 15 is 0 Å². The van der Waals surface area contributed by atoms with Crippen molar-refractivity contribution in [2.75, 3.05) is 5.32 Å². The molecule has 0 spiro atoms. The lowest BCUT2D eigenvalue weighted by atomic mass is 10.3. The molecule has 94 valence electrons. The summed E-state index contributed by atoms with van der Waals surface area (Å²) in [6.07, 6.45) is 0. The van der Waals surface area contributed by atoms with Crippen LogP contribution in [0.25, 0.3) is 0 Å². The van der Waals surface area contributed by atoms with Crippen molar-refractivity contribution < 1.29 is 4.39 Å². The molecule has 0 fully saturated rings. The molecule has 1 aromatic rings. The van der Waals surface area contributed by atoms with Crippen LogP contribution in [0.1, 0.15) is 13.8 Å². The quantitative estimate of drug-likeness (QED) is 0.256. The van der Waals surface area contributed by atoms with Crippen LogP contribution < -0.4 is 16.6 Å². The Morgan fingerprint density at radius 1 is 1.35 bits per heavy atom. The predicted octanol–water partition coefficient (Wildman–Crippen LogP) is 2.77. The molecule has 0 radical (unpaired) electrons. The smallest absolute Gasteiger partial charge is 0.210 e. The fourth-order valence-electron chi connectivity index (χ4n) is 1.13. The monoisotopic (exact) mass is 278 g/mol. The molecule has 4 N–H and O–H groups in total. The second-order valence-electron chi connectivity index (χ2n) is 3.59. The van der Waals surface area contributed by atoms with Gasteiger partial charge in [-0.15, -0.1) is 0 Å². The van der Waals surface area contributed by atoms with Crippen molar-refractivity contribution in [2.24, 2.45) is 10.8 Å². The van der Waals surface area contributed by atoms with E-state index in [2.05, 4.69) is 15.7 Å². The molecule has 0 aromatic heterocycles. The lowest BCUT2D eigenvalue weighted by Gasteiger charge is -2.11. The van der Waals surface area contributed by atoms with Crippen LogP contribution in [0.4, 0.5) is 10.1 Å². The van der Waals surface area contributed by atoms with Crippen LogP contribution in [-0.4, -0.2) is 12.0 Å². The maximum Gasteiger partial charge on any atom is 0.210 e. The number of aliphatic imine (C=N–C) groups is 1. The highest BCUT2D eigenvalue weighted by Gasteiger charge is 2.08. The van der Waals surface area contributed by atoms with Crippen LogP contribution in [0.3, 0.4) is 0 Å². The van der Waals surface area contributed by atoms with Gasteiger partial charge in [-0.3, -0.25) is 5.43 Å². The number of benzene rings is 1. The van der Waals surface area contributed by atoms with Gasteiger partial charge in [-0.2, -0.15) is 0 Å². The van der Waals surface area contributed by atoms with E-state index < -0.39 is 5.82 Å². The van der Waals surface area contributed by atoms with Crippen molar-refractivity contribution >= 4 is 34.8 Å². The summed E-state index contributed by atoms with van der Waals surface area (Å²) in [7, 11) is 0. The van der Waals surface area contributed by atoms with Crippen molar-refractivity contribution in [3.8, 4) is 0 Å². The number of nitrogens with zero attached hydrogens (tertiary/aromatic N) is 1. The van der Waals surface area contributed by atoms with Gasteiger partial charge >= 0.3 is 0 Å². The molecule has 0 bridgehead atoms. The Balaban J connectivity index is 2.95. The van der Waals surface area contributed by atoms with Gasteiger partial charge in [0.05, 0.1) is 10.0 Å². The summed E-state index contributed by atoms with van der Waals surface area (Å²) in [6, 6.07) is 2.85. The highest BCUT2D eigenvalue weighted by Crippen LogP contribution is 2.27. The number of nitrogens with two attached hydrogens (primary N) is 1. The van der Waals surface area contributed by atoms with Gasteiger partial charge in [-0.25, -0.2) is 15.2 Å². The Labute approximate surface area is 109 Å². The molecule has 1 aromatic carbocycles. The zero-order valence-corrected chi connectivity index (χ0v) is 10.9. The van der Waals surface area contributed by atoms with Gasteiger partial charge in [-0.1, -0.05) is 23.2 Å². The molecule has 0 saturated carbocycles. The molecule has 1 rings (SSSR count). The minimum atomic E-state index is -0.651. The predicted molar refractivity (Wildman–Crippen MR) is 69.9 cm³/mol. The average Bonchev–Trinajstić information content (AvgIpc) is 2.24. The van der Waals surface area contributed by atoms with E-state index in [-0.39, 0.29) is 16.1 Å². The first kappa shape index (κ1) is 14.0. The standard InChI is InChI=1S/C10H13Cl2FN4/c1-5(2)15-10(17-14)16-6-3-7(11)9(13)8(12)4-6/h3-5H,14H2,1-2H3,(H2,15,16,17). The number of rotatable bonds is 2. The second kappa shape index (κ2) is 6.05. The molecule has 0 aliphatic rings. The van der Waals surface area contributed by atoms with Crippen molar-refractivity contribution in [1.29, 1.82) is 0 Å². The summed E-state index contributed by atoms with van der Waals surface area (Å²) < 4.78 is 13.2. The van der Waals surface area contributed by atoms with Crippen LogP contribution in [0, 0.1) is 5.82 Å². The molecule has 0 saturated heterocycles. The Bertz CT molecular complexity index is 411. The number of guanidine groups is 1. The lowest BCUT2D eigenvalue weighted by Crippen LogP contribution is -2.37. The summed E-state index contributed by atoms with van der Waals surface area (Å²) in [5.41, 5.74) is 2.89. The normalized spacial score (nSPS) is 11.8. The summed E-state index contributed by atoms with van der Waals surface area (Å²) in [4.78, 5) is 4.16. The molecule has 0 unspecified atom stereocenters. The first-order chi connectivity index (χ1) is 7.93. The van der Waals surface area contributed by atoms with E-state index in [1.165, 1.54) is 12.1 Å². The van der Waals surface area contributed by atoms with E-state index in [0.717, 1.165) is 0 Å². The molecule has 17 heavy (non-hydrogen) atoms. The number of anilines is 1. The minimum absolute atomic E-state index is 0.0555. The molecule has 0 amide bonds. The van der Waals surface area contributed by atoms with Gasteiger partial charge in [0.1, 0.15) is 0 Å². The fourth-order valence-corrected chi connectivity index (χ4v) is 1.62. The molecule has 0 aliphatic heterocycles.